The molecule has 1 heterocycles. The van der Waals surface area contributed by atoms with Crippen molar-refractivity contribution in [2.24, 2.45) is 0 Å². The molecule has 2 N–H and O–H groups in total. The van der Waals surface area contributed by atoms with E-state index in [9.17, 15) is 4.79 Å². The molecule has 18 heavy (non-hydrogen) atoms. The zero-order valence-electron chi connectivity index (χ0n) is 11.8. The van der Waals surface area contributed by atoms with Gasteiger partial charge in [0.2, 0.25) is 5.91 Å². The summed E-state index contributed by atoms with van der Waals surface area (Å²) in [7, 11) is 0. The highest BCUT2D eigenvalue weighted by Gasteiger charge is 2.22. The Labute approximate surface area is 113 Å². The molecule has 1 aromatic rings. The smallest absolute Gasteiger partial charge is 0.237 e. The molecule has 0 aromatic carbocycles. The summed E-state index contributed by atoms with van der Waals surface area (Å²) < 4.78 is 0. The first kappa shape index (κ1) is 15.1. The van der Waals surface area contributed by atoms with Crippen LogP contribution in [-0.2, 0) is 4.79 Å². The summed E-state index contributed by atoms with van der Waals surface area (Å²) in [6, 6.07) is -0.0798. The molecular weight excluding hydrogens is 246 g/mol. The minimum atomic E-state index is -0.224. The van der Waals surface area contributed by atoms with Gasteiger partial charge in [-0.3, -0.25) is 10.1 Å². The van der Waals surface area contributed by atoms with Crippen molar-refractivity contribution in [3.63, 3.8) is 0 Å². The third kappa shape index (κ3) is 4.74. The number of aromatic nitrogens is 1. The Balaban J connectivity index is 2.57. The molecule has 2 atom stereocenters. The summed E-state index contributed by atoms with van der Waals surface area (Å²) in [5.74, 6) is 0.0255. The van der Waals surface area contributed by atoms with Gasteiger partial charge in [-0.05, 0) is 34.1 Å². The van der Waals surface area contributed by atoms with E-state index in [4.69, 9.17) is 0 Å². The number of hydrogen-bond acceptors (Lipinski definition) is 4. The number of amides is 1. The third-order valence-electron chi connectivity index (χ3n) is 2.50. The second-order valence-electron chi connectivity index (χ2n) is 5.46. The van der Waals surface area contributed by atoms with E-state index in [0.29, 0.717) is 0 Å². The van der Waals surface area contributed by atoms with Crippen LogP contribution in [0.15, 0.2) is 11.6 Å². The van der Waals surface area contributed by atoms with Crippen LogP contribution in [0.2, 0.25) is 0 Å². The SMILES string of the molecule is CCC(NC(C)C(=O)NC(C)(C)C)c1nccs1. The molecule has 0 saturated carbocycles. The van der Waals surface area contributed by atoms with Crippen LogP contribution in [0.4, 0.5) is 0 Å². The van der Waals surface area contributed by atoms with Crippen LogP contribution in [0.5, 0.6) is 0 Å². The van der Waals surface area contributed by atoms with Crippen molar-refractivity contribution in [3.8, 4) is 0 Å². The summed E-state index contributed by atoms with van der Waals surface area (Å²) in [4.78, 5) is 16.3. The van der Waals surface area contributed by atoms with Crippen LogP contribution in [0.1, 0.15) is 52.1 Å². The molecule has 1 aromatic heterocycles. The van der Waals surface area contributed by atoms with Crippen LogP contribution in [-0.4, -0.2) is 22.5 Å². The molecule has 4 nitrogen and oxygen atoms in total. The van der Waals surface area contributed by atoms with Gasteiger partial charge in [0.25, 0.3) is 0 Å². The van der Waals surface area contributed by atoms with Crippen molar-refractivity contribution >= 4 is 17.2 Å². The van der Waals surface area contributed by atoms with Gasteiger partial charge in [0.15, 0.2) is 0 Å². The Morgan fingerprint density at radius 2 is 2.17 bits per heavy atom. The monoisotopic (exact) mass is 269 g/mol. The second kappa shape index (κ2) is 6.29. The Kier molecular flexibility index (Phi) is 5.28. The first-order valence-electron chi connectivity index (χ1n) is 6.31. The lowest BCUT2D eigenvalue weighted by atomic mass is 10.1. The van der Waals surface area contributed by atoms with E-state index in [1.165, 1.54) is 0 Å². The molecule has 5 heteroatoms. The highest BCUT2D eigenvalue weighted by atomic mass is 32.1. The Morgan fingerprint density at radius 1 is 1.50 bits per heavy atom. The van der Waals surface area contributed by atoms with E-state index in [0.717, 1.165) is 11.4 Å². The van der Waals surface area contributed by atoms with Crippen LogP contribution >= 0.6 is 11.3 Å². The minimum absolute atomic E-state index is 0.0255. The van der Waals surface area contributed by atoms with Gasteiger partial charge in [0.1, 0.15) is 5.01 Å². The van der Waals surface area contributed by atoms with Crippen molar-refractivity contribution < 1.29 is 4.79 Å². The van der Waals surface area contributed by atoms with Gasteiger partial charge < -0.3 is 5.32 Å². The quantitative estimate of drug-likeness (QED) is 0.863. The molecule has 1 amide bonds. The lowest BCUT2D eigenvalue weighted by Crippen LogP contribution is -2.50. The first-order valence-corrected chi connectivity index (χ1v) is 7.19. The maximum Gasteiger partial charge on any atom is 0.237 e. The standard InChI is InChI=1S/C13H23N3OS/c1-6-10(12-14-7-8-18-12)15-9(2)11(17)16-13(3,4)5/h7-10,15H,6H2,1-5H3,(H,16,17). The second-order valence-corrected chi connectivity index (χ2v) is 6.38. The van der Waals surface area contributed by atoms with E-state index in [-0.39, 0.29) is 23.5 Å². The number of carbonyl (C=O) groups excluding carboxylic acids is 1. The van der Waals surface area contributed by atoms with E-state index in [1.54, 1.807) is 17.5 Å². The maximum atomic E-state index is 12.0. The number of hydrogen-bond donors (Lipinski definition) is 2. The highest BCUT2D eigenvalue weighted by molar-refractivity contribution is 7.09. The minimum Gasteiger partial charge on any atom is -0.350 e. The number of nitrogens with one attached hydrogen (secondary N) is 2. The average molecular weight is 269 g/mol. The number of nitrogens with zero attached hydrogens (tertiary/aromatic N) is 1. The summed E-state index contributed by atoms with van der Waals surface area (Å²) >= 11 is 1.62. The van der Waals surface area contributed by atoms with Gasteiger partial charge in [-0.25, -0.2) is 4.98 Å². The molecule has 0 aliphatic carbocycles. The van der Waals surface area contributed by atoms with Crippen LogP contribution in [0.3, 0.4) is 0 Å². The van der Waals surface area contributed by atoms with Crippen molar-refractivity contribution in [2.75, 3.05) is 0 Å². The van der Waals surface area contributed by atoms with Gasteiger partial charge in [0.05, 0.1) is 12.1 Å². The molecule has 102 valence electrons. The largest absolute Gasteiger partial charge is 0.350 e. The predicted molar refractivity (Wildman–Crippen MR) is 75.6 cm³/mol. The predicted octanol–water partition coefficient (Wildman–Crippen LogP) is 2.49. The van der Waals surface area contributed by atoms with Crippen molar-refractivity contribution in [3.05, 3.63) is 16.6 Å². The fraction of sp³-hybridized carbons (Fsp3) is 0.692. The average Bonchev–Trinajstić information content (AvgIpc) is 2.76. The van der Waals surface area contributed by atoms with Gasteiger partial charge in [0, 0.05) is 17.1 Å². The number of thiazole rings is 1. The van der Waals surface area contributed by atoms with Crippen LogP contribution in [0, 0.1) is 0 Å². The molecule has 0 bridgehead atoms. The van der Waals surface area contributed by atoms with E-state index >= 15 is 0 Å². The van der Waals surface area contributed by atoms with Crippen molar-refractivity contribution in [2.45, 2.75) is 58.7 Å². The molecule has 0 spiro atoms. The fourth-order valence-electron chi connectivity index (χ4n) is 1.63. The Morgan fingerprint density at radius 3 is 2.61 bits per heavy atom. The van der Waals surface area contributed by atoms with Gasteiger partial charge in [-0.15, -0.1) is 11.3 Å². The van der Waals surface area contributed by atoms with Crippen molar-refractivity contribution in [1.29, 1.82) is 0 Å². The Bertz CT molecular complexity index is 370. The van der Waals surface area contributed by atoms with Crippen LogP contribution < -0.4 is 10.6 Å². The first-order chi connectivity index (χ1) is 8.33. The van der Waals surface area contributed by atoms with Crippen LogP contribution in [0.25, 0.3) is 0 Å². The highest BCUT2D eigenvalue weighted by Crippen LogP contribution is 2.19. The third-order valence-corrected chi connectivity index (χ3v) is 3.39. The van der Waals surface area contributed by atoms with E-state index in [2.05, 4.69) is 22.5 Å². The normalized spacial score (nSPS) is 15.2. The van der Waals surface area contributed by atoms with Gasteiger partial charge in [-0.2, -0.15) is 0 Å². The Hall–Kier alpha value is -0.940. The number of rotatable bonds is 5. The van der Waals surface area contributed by atoms with Crippen molar-refractivity contribution in [1.82, 2.24) is 15.6 Å². The van der Waals surface area contributed by atoms with Gasteiger partial charge in [-0.1, -0.05) is 6.92 Å². The summed E-state index contributed by atoms with van der Waals surface area (Å²) in [5.41, 5.74) is -0.198. The molecule has 0 fully saturated rings. The molecular formula is C13H23N3OS. The lowest BCUT2D eigenvalue weighted by Gasteiger charge is -2.25. The molecule has 0 aliphatic rings. The lowest BCUT2D eigenvalue weighted by molar-refractivity contribution is -0.124. The van der Waals surface area contributed by atoms with E-state index < -0.39 is 0 Å². The topological polar surface area (TPSA) is 54.0 Å². The summed E-state index contributed by atoms with van der Waals surface area (Å²) in [6.45, 7) is 9.92. The molecule has 1 rings (SSSR count). The number of carbonyl (C=O) groups is 1. The summed E-state index contributed by atoms with van der Waals surface area (Å²) in [5, 5.41) is 9.30. The molecule has 2 unspecified atom stereocenters. The summed E-state index contributed by atoms with van der Waals surface area (Å²) in [6.07, 6.45) is 2.71. The fourth-order valence-corrected chi connectivity index (χ4v) is 2.41. The van der Waals surface area contributed by atoms with E-state index in [1.807, 2.05) is 33.1 Å². The molecule has 0 saturated heterocycles. The zero-order valence-corrected chi connectivity index (χ0v) is 12.6. The molecule has 0 aliphatic heterocycles. The maximum absolute atomic E-state index is 12.0. The molecule has 0 radical (unpaired) electrons. The van der Waals surface area contributed by atoms with Gasteiger partial charge >= 0.3 is 0 Å². The zero-order chi connectivity index (χ0) is 13.8.